The summed E-state index contributed by atoms with van der Waals surface area (Å²) < 4.78 is 39.0. The van der Waals surface area contributed by atoms with Crippen molar-refractivity contribution in [3.05, 3.63) is 71.4 Å². The number of hydrogen-bond donors (Lipinski definition) is 1. The number of phenolic OH excluding ortho intramolecular Hbond substituents is 1. The molecule has 0 aliphatic heterocycles. The topological polar surface area (TPSA) is 33.1 Å². The number of alkyl halides is 3. The van der Waals surface area contributed by atoms with Crippen LogP contribution in [-0.4, -0.2) is 10.1 Å². The van der Waals surface area contributed by atoms with Gasteiger partial charge in [-0.3, -0.25) is 0 Å². The van der Waals surface area contributed by atoms with Gasteiger partial charge in [0.05, 0.1) is 5.56 Å². The lowest BCUT2D eigenvalue weighted by Gasteiger charge is -2.12. The predicted molar refractivity (Wildman–Crippen MR) is 77.7 cm³/mol. The molecule has 0 saturated carbocycles. The number of para-hydroxylation sites is 1. The van der Waals surface area contributed by atoms with E-state index in [0.717, 1.165) is 11.5 Å². The number of phenols is 1. The van der Waals surface area contributed by atoms with E-state index in [0.29, 0.717) is 11.2 Å². The van der Waals surface area contributed by atoms with Crippen molar-refractivity contribution in [3.63, 3.8) is 0 Å². The van der Waals surface area contributed by atoms with E-state index in [-0.39, 0.29) is 17.7 Å². The summed E-state index contributed by atoms with van der Waals surface area (Å²) in [7, 11) is 0. The second-order valence-corrected chi connectivity index (χ2v) is 4.98. The molecule has 0 atom stereocenters. The molecule has 0 amide bonds. The fourth-order valence-electron chi connectivity index (χ4n) is 2.42. The van der Waals surface area contributed by atoms with E-state index in [9.17, 15) is 18.3 Å². The summed E-state index contributed by atoms with van der Waals surface area (Å²) in [6.45, 7) is 0. The van der Waals surface area contributed by atoms with Crippen LogP contribution < -0.4 is 0 Å². The van der Waals surface area contributed by atoms with Gasteiger partial charge in [-0.1, -0.05) is 36.4 Å². The van der Waals surface area contributed by atoms with E-state index < -0.39 is 11.7 Å². The minimum absolute atomic E-state index is 0.0171. The molecule has 0 radical (unpaired) electrons. The van der Waals surface area contributed by atoms with Crippen LogP contribution in [0.4, 0.5) is 13.2 Å². The highest BCUT2D eigenvalue weighted by molar-refractivity contribution is 5.84. The number of benzene rings is 2. The van der Waals surface area contributed by atoms with E-state index in [1.54, 1.807) is 30.3 Å². The molecule has 0 bridgehead atoms. The quantitative estimate of drug-likeness (QED) is 0.753. The third kappa shape index (κ3) is 2.74. The lowest BCUT2D eigenvalue weighted by Crippen LogP contribution is -2.09. The van der Waals surface area contributed by atoms with Gasteiger partial charge in [0, 0.05) is 17.5 Å². The molecule has 0 aliphatic carbocycles. The summed E-state index contributed by atoms with van der Waals surface area (Å²) in [6, 6.07) is 13.8. The molecule has 2 nitrogen and oxygen atoms in total. The maximum atomic E-state index is 13.0. The molecule has 22 heavy (non-hydrogen) atoms. The summed E-state index contributed by atoms with van der Waals surface area (Å²) in [4.78, 5) is 4.28. The first kappa shape index (κ1) is 14.4. The van der Waals surface area contributed by atoms with Crippen LogP contribution in [0.25, 0.3) is 10.9 Å². The van der Waals surface area contributed by atoms with Crippen LogP contribution in [0, 0.1) is 0 Å². The first-order valence-electron chi connectivity index (χ1n) is 6.68. The average Bonchev–Trinajstić information content (AvgIpc) is 2.48. The Kier molecular flexibility index (Phi) is 3.48. The highest BCUT2D eigenvalue weighted by Crippen LogP contribution is 2.33. The van der Waals surface area contributed by atoms with Gasteiger partial charge in [0.15, 0.2) is 0 Å². The van der Waals surface area contributed by atoms with Crippen LogP contribution in [-0.2, 0) is 12.6 Å². The molecule has 0 fully saturated rings. The van der Waals surface area contributed by atoms with Crippen molar-refractivity contribution < 1.29 is 18.3 Å². The number of hydrogen-bond acceptors (Lipinski definition) is 2. The molecule has 3 rings (SSSR count). The number of nitrogens with zero attached hydrogens (tertiary/aromatic N) is 1. The van der Waals surface area contributed by atoms with Crippen molar-refractivity contribution in [2.24, 2.45) is 0 Å². The Morgan fingerprint density at radius 3 is 2.45 bits per heavy atom. The molecule has 1 heterocycles. The van der Waals surface area contributed by atoms with Crippen molar-refractivity contribution in [1.29, 1.82) is 0 Å². The van der Waals surface area contributed by atoms with Gasteiger partial charge in [0.2, 0.25) is 0 Å². The Morgan fingerprint density at radius 2 is 1.68 bits per heavy atom. The molecule has 0 spiro atoms. The van der Waals surface area contributed by atoms with Crippen LogP contribution in [0.15, 0.2) is 54.6 Å². The van der Waals surface area contributed by atoms with Crippen molar-refractivity contribution in [1.82, 2.24) is 4.98 Å². The fourth-order valence-corrected chi connectivity index (χ4v) is 2.42. The Hall–Kier alpha value is -2.56. The maximum absolute atomic E-state index is 13.0. The van der Waals surface area contributed by atoms with Gasteiger partial charge in [-0.15, -0.1) is 0 Å². The fraction of sp³-hybridized carbons (Fsp3) is 0.118. The second kappa shape index (κ2) is 5.33. The Balaban J connectivity index is 2.02. The third-order valence-electron chi connectivity index (χ3n) is 3.45. The van der Waals surface area contributed by atoms with Gasteiger partial charge in [-0.2, -0.15) is 13.2 Å². The number of pyridine rings is 1. The highest BCUT2D eigenvalue weighted by atomic mass is 19.4. The van der Waals surface area contributed by atoms with Gasteiger partial charge < -0.3 is 5.11 Å². The molecule has 5 heteroatoms. The number of rotatable bonds is 2. The average molecular weight is 303 g/mol. The van der Waals surface area contributed by atoms with Gasteiger partial charge in [-0.25, -0.2) is 4.98 Å². The van der Waals surface area contributed by atoms with E-state index >= 15 is 0 Å². The Bertz CT molecular complexity index is 827. The SMILES string of the molecule is Oc1cccc2ccc(Cc3ccccc3C(F)(F)F)nc12. The van der Waals surface area contributed by atoms with E-state index in [1.165, 1.54) is 18.2 Å². The zero-order valence-corrected chi connectivity index (χ0v) is 11.4. The van der Waals surface area contributed by atoms with Crippen LogP contribution in [0.3, 0.4) is 0 Å². The number of aromatic nitrogens is 1. The van der Waals surface area contributed by atoms with Gasteiger partial charge in [0.25, 0.3) is 0 Å². The van der Waals surface area contributed by atoms with Crippen LogP contribution in [0.5, 0.6) is 5.75 Å². The number of halogens is 3. The van der Waals surface area contributed by atoms with E-state index in [1.807, 2.05) is 0 Å². The number of fused-ring (bicyclic) bond motifs is 1. The highest BCUT2D eigenvalue weighted by Gasteiger charge is 2.32. The summed E-state index contributed by atoms with van der Waals surface area (Å²) in [5, 5.41) is 10.5. The normalized spacial score (nSPS) is 11.8. The van der Waals surface area contributed by atoms with E-state index in [4.69, 9.17) is 0 Å². The molecule has 2 aromatic carbocycles. The largest absolute Gasteiger partial charge is 0.506 e. The standard InChI is InChI=1S/C17H12F3NO/c18-17(19,20)14-6-2-1-4-12(14)10-13-9-8-11-5-3-7-15(22)16(11)21-13/h1-9,22H,10H2. The lowest BCUT2D eigenvalue weighted by atomic mass is 10.0. The maximum Gasteiger partial charge on any atom is 0.416 e. The molecule has 1 aromatic heterocycles. The molecular formula is C17H12F3NO. The third-order valence-corrected chi connectivity index (χ3v) is 3.45. The molecule has 0 aliphatic rings. The van der Waals surface area contributed by atoms with Crippen molar-refractivity contribution in [2.45, 2.75) is 12.6 Å². The second-order valence-electron chi connectivity index (χ2n) is 4.98. The zero-order chi connectivity index (χ0) is 15.7. The Labute approximate surface area is 124 Å². The molecule has 0 unspecified atom stereocenters. The summed E-state index contributed by atoms with van der Waals surface area (Å²) in [6.07, 6.45) is -4.34. The molecular weight excluding hydrogens is 291 g/mol. The van der Waals surface area contributed by atoms with Crippen molar-refractivity contribution in [2.75, 3.05) is 0 Å². The van der Waals surface area contributed by atoms with Crippen molar-refractivity contribution >= 4 is 10.9 Å². The molecule has 3 aromatic rings. The number of aromatic hydroxyl groups is 1. The summed E-state index contributed by atoms with van der Waals surface area (Å²) >= 11 is 0. The zero-order valence-electron chi connectivity index (χ0n) is 11.4. The Morgan fingerprint density at radius 1 is 0.909 bits per heavy atom. The monoisotopic (exact) mass is 303 g/mol. The lowest BCUT2D eigenvalue weighted by molar-refractivity contribution is -0.138. The summed E-state index contributed by atoms with van der Waals surface area (Å²) in [5.74, 6) is 0.0171. The predicted octanol–water partition coefficient (Wildman–Crippen LogP) is 4.55. The minimum atomic E-state index is -4.39. The molecule has 112 valence electrons. The van der Waals surface area contributed by atoms with E-state index in [2.05, 4.69) is 4.98 Å². The van der Waals surface area contributed by atoms with Gasteiger partial charge in [-0.05, 0) is 23.8 Å². The van der Waals surface area contributed by atoms with Crippen LogP contribution in [0.1, 0.15) is 16.8 Å². The molecule has 0 saturated heterocycles. The van der Waals surface area contributed by atoms with Gasteiger partial charge >= 0.3 is 6.18 Å². The van der Waals surface area contributed by atoms with Crippen LogP contribution in [0.2, 0.25) is 0 Å². The summed E-state index contributed by atoms with van der Waals surface area (Å²) in [5.41, 5.74) is 0.377. The van der Waals surface area contributed by atoms with Crippen LogP contribution >= 0.6 is 0 Å². The smallest absolute Gasteiger partial charge is 0.416 e. The molecule has 1 N–H and O–H groups in total. The van der Waals surface area contributed by atoms with Crippen molar-refractivity contribution in [3.8, 4) is 5.75 Å². The van der Waals surface area contributed by atoms with Gasteiger partial charge in [0.1, 0.15) is 11.3 Å². The minimum Gasteiger partial charge on any atom is -0.506 e. The first-order valence-corrected chi connectivity index (χ1v) is 6.68. The first-order chi connectivity index (χ1) is 10.4.